The molecule has 0 fully saturated rings. The quantitative estimate of drug-likeness (QED) is 0.846. The van der Waals surface area contributed by atoms with E-state index in [1.807, 2.05) is 11.8 Å². The van der Waals surface area contributed by atoms with Gasteiger partial charge in [0.05, 0.1) is 6.04 Å². The van der Waals surface area contributed by atoms with Gasteiger partial charge in [-0.3, -0.25) is 9.78 Å². The predicted octanol–water partition coefficient (Wildman–Crippen LogP) is 2.01. The van der Waals surface area contributed by atoms with Crippen molar-refractivity contribution in [3.63, 3.8) is 0 Å². The van der Waals surface area contributed by atoms with Crippen LogP contribution >= 0.6 is 0 Å². The van der Waals surface area contributed by atoms with Gasteiger partial charge in [0.2, 0.25) is 0 Å². The van der Waals surface area contributed by atoms with Crippen molar-refractivity contribution in [3.8, 4) is 0 Å². The van der Waals surface area contributed by atoms with E-state index >= 15 is 0 Å². The Morgan fingerprint density at radius 1 is 1.24 bits per heavy atom. The highest BCUT2D eigenvalue weighted by molar-refractivity contribution is 5.94. The third-order valence-corrected chi connectivity index (χ3v) is 3.92. The predicted molar refractivity (Wildman–Crippen MR) is 77.8 cm³/mol. The molecule has 2 aromatic heterocycles. The summed E-state index contributed by atoms with van der Waals surface area (Å²) in [6, 6.07) is 3.42. The van der Waals surface area contributed by atoms with Crippen LogP contribution in [-0.4, -0.2) is 37.1 Å². The molecule has 1 amide bonds. The molecule has 6 nitrogen and oxygen atoms in total. The Balaban J connectivity index is 1.89. The lowest BCUT2D eigenvalue weighted by molar-refractivity contribution is 0.0636. The van der Waals surface area contributed by atoms with E-state index in [0.29, 0.717) is 18.0 Å². The number of nitrogens with zero attached hydrogens (tertiary/aromatic N) is 5. The smallest absolute Gasteiger partial charge is 0.254 e. The molecule has 3 rings (SSSR count). The summed E-state index contributed by atoms with van der Waals surface area (Å²) in [6.45, 7) is 7.64. The van der Waals surface area contributed by atoms with Crippen LogP contribution in [-0.2, 0) is 6.54 Å². The van der Waals surface area contributed by atoms with E-state index < -0.39 is 0 Å². The van der Waals surface area contributed by atoms with Gasteiger partial charge in [0.25, 0.3) is 5.91 Å². The highest BCUT2D eigenvalue weighted by Crippen LogP contribution is 2.27. The summed E-state index contributed by atoms with van der Waals surface area (Å²) < 4.78 is 2.14. The molecule has 6 heteroatoms. The minimum absolute atomic E-state index is 0.0187. The van der Waals surface area contributed by atoms with E-state index in [0.717, 1.165) is 18.2 Å². The normalized spacial score (nSPS) is 17.9. The Labute approximate surface area is 123 Å². The molecule has 0 aromatic carbocycles. The van der Waals surface area contributed by atoms with Crippen LogP contribution in [0.4, 0.5) is 0 Å². The summed E-state index contributed by atoms with van der Waals surface area (Å²) >= 11 is 0. The van der Waals surface area contributed by atoms with Crippen LogP contribution < -0.4 is 0 Å². The van der Waals surface area contributed by atoms with Crippen molar-refractivity contribution in [2.24, 2.45) is 0 Å². The fourth-order valence-electron chi connectivity index (χ4n) is 2.77. The van der Waals surface area contributed by atoms with Gasteiger partial charge in [-0.15, -0.1) is 10.2 Å². The SMILES string of the molecule is CC(C)c1nnc2n1CCN(C(=O)c1ccncc1)[C@@H]2C. The summed E-state index contributed by atoms with van der Waals surface area (Å²) in [5.74, 6) is 2.21. The molecule has 0 radical (unpaired) electrons. The van der Waals surface area contributed by atoms with Crippen LogP contribution in [0.5, 0.6) is 0 Å². The van der Waals surface area contributed by atoms with Gasteiger partial charge in [0.15, 0.2) is 5.82 Å². The van der Waals surface area contributed by atoms with Gasteiger partial charge in [-0.25, -0.2) is 0 Å². The van der Waals surface area contributed by atoms with Gasteiger partial charge in [0, 0.05) is 37.0 Å². The van der Waals surface area contributed by atoms with Gasteiger partial charge < -0.3 is 9.47 Å². The number of rotatable bonds is 2. The number of carbonyl (C=O) groups is 1. The molecule has 21 heavy (non-hydrogen) atoms. The molecular weight excluding hydrogens is 266 g/mol. The van der Waals surface area contributed by atoms with Gasteiger partial charge in [-0.1, -0.05) is 13.8 Å². The monoisotopic (exact) mass is 285 g/mol. The van der Waals surface area contributed by atoms with Crippen molar-refractivity contribution in [2.75, 3.05) is 6.54 Å². The second-order valence-corrected chi connectivity index (χ2v) is 5.63. The molecule has 0 bridgehead atoms. The first kappa shape index (κ1) is 13.7. The van der Waals surface area contributed by atoms with Crippen LogP contribution in [0.2, 0.25) is 0 Å². The molecular formula is C15H19N5O. The molecule has 0 saturated carbocycles. The number of carbonyl (C=O) groups excluding carboxylic acids is 1. The average Bonchev–Trinajstić information content (AvgIpc) is 2.93. The van der Waals surface area contributed by atoms with E-state index in [4.69, 9.17) is 0 Å². The Morgan fingerprint density at radius 3 is 2.62 bits per heavy atom. The number of hydrogen-bond donors (Lipinski definition) is 0. The Bertz CT molecular complexity index is 649. The number of hydrogen-bond acceptors (Lipinski definition) is 4. The highest BCUT2D eigenvalue weighted by Gasteiger charge is 2.32. The summed E-state index contributed by atoms with van der Waals surface area (Å²) in [7, 11) is 0. The summed E-state index contributed by atoms with van der Waals surface area (Å²) in [5, 5.41) is 8.57. The largest absolute Gasteiger partial charge is 0.327 e. The molecule has 0 unspecified atom stereocenters. The van der Waals surface area contributed by atoms with Crippen LogP contribution in [0.25, 0.3) is 0 Å². The van der Waals surface area contributed by atoms with E-state index in [1.165, 1.54) is 0 Å². The second-order valence-electron chi connectivity index (χ2n) is 5.63. The standard InChI is InChI=1S/C15H19N5O/c1-10(2)13-17-18-14-11(3)19(8-9-20(13)14)15(21)12-4-6-16-7-5-12/h4-7,10-11H,8-9H2,1-3H3/t11-/m1/s1. The average molecular weight is 285 g/mol. The number of pyridine rings is 1. The Morgan fingerprint density at radius 2 is 1.95 bits per heavy atom. The molecule has 1 atom stereocenters. The lowest BCUT2D eigenvalue weighted by atomic mass is 10.1. The maximum atomic E-state index is 12.6. The number of amides is 1. The first-order chi connectivity index (χ1) is 10.1. The highest BCUT2D eigenvalue weighted by atomic mass is 16.2. The molecule has 3 heterocycles. The van der Waals surface area contributed by atoms with Crippen molar-refractivity contribution in [3.05, 3.63) is 41.7 Å². The molecule has 110 valence electrons. The first-order valence-corrected chi connectivity index (χ1v) is 7.23. The van der Waals surface area contributed by atoms with E-state index in [2.05, 4.69) is 33.6 Å². The lowest BCUT2D eigenvalue weighted by Gasteiger charge is -2.34. The summed E-state index contributed by atoms with van der Waals surface area (Å²) in [5.41, 5.74) is 0.661. The number of fused-ring (bicyclic) bond motifs is 1. The van der Waals surface area contributed by atoms with Crippen LogP contribution in [0.3, 0.4) is 0 Å². The second kappa shape index (κ2) is 5.27. The minimum atomic E-state index is -0.0700. The van der Waals surface area contributed by atoms with Crippen molar-refractivity contribution < 1.29 is 4.79 Å². The van der Waals surface area contributed by atoms with Crippen LogP contribution in [0, 0.1) is 0 Å². The molecule has 1 aliphatic heterocycles. The van der Waals surface area contributed by atoms with E-state index in [1.54, 1.807) is 24.5 Å². The third kappa shape index (κ3) is 2.30. The van der Waals surface area contributed by atoms with Crippen molar-refractivity contribution in [1.82, 2.24) is 24.6 Å². The van der Waals surface area contributed by atoms with Crippen molar-refractivity contribution in [2.45, 2.75) is 39.3 Å². The first-order valence-electron chi connectivity index (χ1n) is 7.23. The van der Waals surface area contributed by atoms with E-state index in [9.17, 15) is 4.79 Å². The zero-order valence-corrected chi connectivity index (χ0v) is 12.5. The Hall–Kier alpha value is -2.24. The molecule has 0 spiro atoms. The molecule has 0 N–H and O–H groups in total. The van der Waals surface area contributed by atoms with E-state index in [-0.39, 0.29) is 11.9 Å². The van der Waals surface area contributed by atoms with Crippen LogP contribution in [0.15, 0.2) is 24.5 Å². The van der Waals surface area contributed by atoms with Gasteiger partial charge in [-0.05, 0) is 19.1 Å². The lowest BCUT2D eigenvalue weighted by Crippen LogP contribution is -2.41. The molecule has 0 aliphatic carbocycles. The van der Waals surface area contributed by atoms with Gasteiger partial charge in [-0.2, -0.15) is 0 Å². The van der Waals surface area contributed by atoms with Crippen LogP contribution in [0.1, 0.15) is 54.7 Å². The fourth-order valence-corrected chi connectivity index (χ4v) is 2.77. The molecule has 0 saturated heterocycles. The Kier molecular flexibility index (Phi) is 3.45. The van der Waals surface area contributed by atoms with Crippen molar-refractivity contribution >= 4 is 5.91 Å². The minimum Gasteiger partial charge on any atom is -0.327 e. The maximum absolute atomic E-state index is 12.6. The zero-order valence-electron chi connectivity index (χ0n) is 12.5. The summed E-state index contributed by atoms with van der Waals surface area (Å²) in [6.07, 6.45) is 3.28. The molecule has 1 aliphatic rings. The van der Waals surface area contributed by atoms with Crippen molar-refractivity contribution in [1.29, 1.82) is 0 Å². The zero-order chi connectivity index (χ0) is 15.0. The maximum Gasteiger partial charge on any atom is 0.254 e. The topological polar surface area (TPSA) is 63.9 Å². The van der Waals surface area contributed by atoms with Gasteiger partial charge in [0.1, 0.15) is 5.82 Å². The molecule has 2 aromatic rings. The number of aromatic nitrogens is 4. The third-order valence-electron chi connectivity index (χ3n) is 3.92. The summed E-state index contributed by atoms with van der Waals surface area (Å²) in [4.78, 5) is 18.4. The van der Waals surface area contributed by atoms with Gasteiger partial charge >= 0.3 is 0 Å². The fraction of sp³-hybridized carbons (Fsp3) is 0.467.